The lowest BCUT2D eigenvalue weighted by Gasteiger charge is -2.36. The first-order valence-electron chi connectivity index (χ1n) is 10.2. The third-order valence-electron chi connectivity index (χ3n) is 5.83. The molecule has 164 valence electrons. The number of halogens is 2. The summed E-state index contributed by atoms with van der Waals surface area (Å²) in [5, 5.41) is 0.282. The topological polar surface area (TPSA) is 59.4 Å². The first-order valence-corrected chi connectivity index (χ1v) is 12.0. The molecule has 2 heterocycles. The molecule has 0 amide bonds. The predicted octanol–water partition coefficient (Wildman–Crippen LogP) is 4.65. The molecule has 31 heavy (non-hydrogen) atoms. The van der Waals surface area contributed by atoms with Gasteiger partial charge in [-0.05, 0) is 48.6 Å². The summed E-state index contributed by atoms with van der Waals surface area (Å²) in [6.07, 6.45) is 2.39. The van der Waals surface area contributed by atoms with E-state index in [1.54, 1.807) is 23.7 Å². The number of sulfone groups is 1. The van der Waals surface area contributed by atoms with Crippen molar-refractivity contribution in [3.63, 3.8) is 0 Å². The van der Waals surface area contributed by atoms with Gasteiger partial charge >= 0.3 is 0 Å². The molecule has 0 spiro atoms. The number of aromatic nitrogens is 1. The zero-order chi connectivity index (χ0) is 22.5. The molecule has 2 aromatic carbocycles. The number of rotatable bonds is 3. The molecule has 5 nitrogen and oxygen atoms in total. The van der Waals surface area contributed by atoms with E-state index in [2.05, 4.69) is 13.8 Å². The molecule has 0 saturated carbocycles. The van der Waals surface area contributed by atoms with Crippen LogP contribution in [0.1, 0.15) is 20.3 Å². The number of pyridine rings is 1. The second kappa shape index (κ2) is 7.95. The zero-order valence-corrected chi connectivity index (χ0v) is 19.2. The van der Waals surface area contributed by atoms with Crippen LogP contribution in [0.4, 0.5) is 10.1 Å². The molecule has 1 aliphatic heterocycles. The Labute approximate surface area is 186 Å². The Kier molecular flexibility index (Phi) is 5.60. The fourth-order valence-corrected chi connectivity index (χ4v) is 6.22. The lowest BCUT2D eigenvalue weighted by Crippen LogP contribution is -2.39. The van der Waals surface area contributed by atoms with Crippen molar-refractivity contribution in [2.24, 2.45) is 18.9 Å². The summed E-state index contributed by atoms with van der Waals surface area (Å²) in [6.45, 7) is 5.76. The molecule has 0 bridgehead atoms. The SMILES string of the molecule is C[C@H]1C[C@H](C)CN(c2cc3c(cc2F)c(=O)c(S(=O)(=O)c2cccc(Cl)c2)cn3C)C1. The smallest absolute Gasteiger partial charge is 0.211 e. The van der Waals surface area contributed by atoms with Gasteiger partial charge in [0.25, 0.3) is 0 Å². The van der Waals surface area contributed by atoms with Crippen LogP contribution in [0, 0.1) is 17.7 Å². The van der Waals surface area contributed by atoms with Gasteiger partial charge in [0.1, 0.15) is 10.7 Å². The minimum atomic E-state index is -4.11. The van der Waals surface area contributed by atoms with Crippen molar-refractivity contribution in [2.45, 2.75) is 30.1 Å². The minimum Gasteiger partial charge on any atom is -0.369 e. The van der Waals surface area contributed by atoms with Crippen LogP contribution in [0.2, 0.25) is 5.02 Å². The molecule has 1 saturated heterocycles. The number of piperidine rings is 1. The minimum absolute atomic E-state index is 0.0324. The van der Waals surface area contributed by atoms with Crippen LogP contribution >= 0.6 is 11.6 Å². The van der Waals surface area contributed by atoms with Gasteiger partial charge in [0, 0.05) is 31.4 Å². The van der Waals surface area contributed by atoms with Gasteiger partial charge in [0.2, 0.25) is 15.3 Å². The summed E-state index contributed by atoms with van der Waals surface area (Å²) in [7, 11) is -2.46. The van der Waals surface area contributed by atoms with Crippen molar-refractivity contribution in [3.05, 3.63) is 63.7 Å². The van der Waals surface area contributed by atoms with E-state index in [1.807, 2.05) is 4.90 Å². The Bertz CT molecular complexity index is 1330. The molecule has 1 aliphatic rings. The Balaban J connectivity index is 1.88. The number of fused-ring (bicyclic) bond motifs is 1. The van der Waals surface area contributed by atoms with E-state index in [0.717, 1.165) is 25.6 Å². The fourth-order valence-electron chi connectivity index (χ4n) is 4.52. The number of anilines is 1. The lowest BCUT2D eigenvalue weighted by atomic mass is 9.91. The highest BCUT2D eigenvalue weighted by atomic mass is 35.5. The Morgan fingerprint density at radius 3 is 2.42 bits per heavy atom. The number of aryl methyl sites for hydroxylation is 1. The molecule has 0 radical (unpaired) electrons. The second-order valence-corrected chi connectivity index (χ2v) is 10.9. The van der Waals surface area contributed by atoms with E-state index in [1.165, 1.54) is 24.4 Å². The van der Waals surface area contributed by atoms with Gasteiger partial charge in [-0.1, -0.05) is 31.5 Å². The van der Waals surface area contributed by atoms with E-state index in [-0.39, 0.29) is 15.3 Å². The third kappa shape index (κ3) is 3.96. The first kappa shape index (κ1) is 21.8. The van der Waals surface area contributed by atoms with Crippen molar-refractivity contribution >= 4 is 38.0 Å². The maximum absolute atomic E-state index is 15.1. The highest BCUT2D eigenvalue weighted by molar-refractivity contribution is 7.91. The normalized spacial score (nSPS) is 19.7. The molecule has 4 rings (SSSR count). The molecule has 0 aliphatic carbocycles. The number of benzene rings is 2. The van der Waals surface area contributed by atoms with Crippen molar-refractivity contribution in [1.29, 1.82) is 0 Å². The quantitative estimate of drug-likeness (QED) is 0.568. The van der Waals surface area contributed by atoms with Gasteiger partial charge in [0.15, 0.2) is 0 Å². The molecule has 2 atom stereocenters. The summed E-state index contributed by atoms with van der Waals surface area (Å²) in [5.41, 5.74) is 0.197. The predicted molar refractivity (Wildman–Crippen MR) is 121 cm³/mol. The zero-order valence-electron chi connectivity index (χ0n) is 17.6. The van der Waals surface area contributed by atoms with Gasteiger partial charge in [-0.3, -0.25) is 4.79 Å². The standard InChI is InChI=1S/C23H24ClFN2O3S/c1-14-7-15(2)12-27(11-14)21-10-20-18(9-19(21)25)23(28)22(13-26(20)3)31(29,30)17-6-4-5-16(24)8-17/h4-6,8-10,13-15H,7,11-12H2,1-3H3/t14-,15-/m0/s1. The van der Waals surface area contributed by atoms with E-state index in [4.69, 9.17) is 11.6 Å². The second-order valence-electron chi connectivity index (χ2n) is 8.57. The van der Waals surface area contributed by atoms with Gasteiger partial charge in [-0.25, -0.2) is 12.8 Å². The molecule has 0 N–H and O–H groups in total. The summed E-state index contributed by atoms with van der Waals surface area (Å²) in [6, 6.07) is 8.54. The van der Waals surface area contributed by atoms with Gasteiger partial charge in [-0.2, -0.15) is 0 Å². The van der Waals surface area contributed by atoms with Crippen LogP contribution in [-0.4, -0.2) is 26.1 Å². The van der Waals surface area contributed by atoms with Crippen molar-refractivity contribution in [2.75, 3.05) is 18.0 Å². The summed E-state index contributed by atoms with van der Waals surface area (Å²) in [4.78, 5) is 14.6. The first-order chi connectivity index (χ1) is 14.6. The molecule has 0 unspecified atom stereocenters. The average molecular weight is 463 g/mol. The van der Waals surface area contributed by atoms with Crippen LogP contribution in [0.25, 0.3) is 10.9 Å². The maximum Gasteiger partial charge on any atom is 0.211 e. The molecular formula is C23H24ClFN2O3S. The Hall–Kier alpha value is -2.38. The van der Waals surface area contributed by atoms with E-state index in [0.29, 0.717) is 23.0 Å². The molecule has 1 fully saturated rings. The molecule has 3 aromatic rings. The van der Waals surface area contributed by atoms with Crippen molar-refractivity contribution in [1.82, 2.24) is 4.57 Å². The lowest BCUT2D eigenvalue weighted by molar-refractivity contribution is 0.354. The Morgan fingerprint density at radius 2 is 1.77 bits per heavy atom. The number of nitrogens with zero attached hydrogens (tertiary/aromatic N) is 2. The Morgan fingerprint density at radius 1 is 1.10 bits per heavy atom. The highest BCUT2D eigenvalue weighted by Crippen LogP contribution is 2.31. The number of hydrogen-bond donors (Lipinski definition) is 0. The van der Waals surface area contributed by atoms with Crippen LogP contribution < -0.4 is 10.3 Å². The van der Waals surface area contributed by atoms with Crippen LogP contribution in [0.15, 0.2) is 57.2 Å². The van der Waals surface area contributed by atoms with Crippen LogP contribution in [0.3, 0.4) is 0 Å². The summed E-state index contributed by atoms with van der Waals surface area (Å²) >= 11 is 5.93. The summed E-state index contributed by atoms with van der Waals surface area (Å²) < 4.78 is 42.9. The largest absolute Gasteiger partial charge is 0.369 e. The summed E-state index contributed by atoms with van der Waals surface area (Å²) in [5.74, 6) is 0.351. The maximum atomic E-state index is 15.1. The number of hydrogen-bond acceptors (Lipinski definition) is 4. The van der Waals surface area contributed by atoms with Gasteiger partial charge in [-0.15, -0.1) is 0 Å². The molecule has 8 heteroatoms. The monoisotopic (exact) mass is 462 g/mol. The van der Waals surface area contributed by atoms with E-state index in [9.17, 15) is 13.2 Å². The van der Waals surface area contributed by atoms with E-state index < -0.39 is 26.0 Å². The van der Waals surface area contributed by atoms with Crippen molar-refractivity contribution < 1.29 is 12.8 Å². The fraction of sp³-hybridized carbons (Fsp3) is 0.348. The third-order valence-corrected chi connectivity index (χ3v) is 7.81. The average Bonchev–Trinajstić information content (AvgIpc) is 2.69. The highest BCUT2D eigenvalue weighted by Gasteiger charge is 2.27. The molecular weight excluding hydrogens is 439 g/mol. The molecule has 1 aromatic heterocycles. The van der Waals surface area contributed by atoms with E-state index >= 15 is 4.39 Å². The van der Waals surface area contributed by atoms with Gasteiger partial charge < -0.3 is 9.47 Å². The van der Waals surface area contributed by atoms with Crippen LogP contribution in [0.5, 0.6) is 0 Å². The van der Waals surface area contributed by atoms with Gasteiger partial charge in [0.05, 0.1) is 21.5 Å². The van der Waals surface area contributed by atoms with Crippen LogP contribution in [-0.2, 0) is 16.9 Å². The van der Waals surface area contributed by atoms with Crippen molar-refractivity contribution in [3.8, 4) is 0 Å².